The molecule has 2 amide bonds. The minimum Gasteiger partial charge on any atom is -0.493 e. The number of urea groups is 1. The standard InChI is InChI=1S/C38H44F2N8O4/c1-3-36(27(2)49)48-26-42-25-47(37(48)50)32-7-5-30(6-8-32)44-14-16-45(17-15-44)31-9-11-33(12-10-31)51-20-28-19-38(52-21-28,22-46-24-41-23-43-46)34-13-4-29(39)18-35(34)40/h4-13,18,23-25,27-28,36,49H,3,14-17,19-22,26H2,1-2H3/t27-,28+,36-,38-/m0/s1. The van der Waals surface area contributed by atoms with E-state index in [4.69, 9.17) is 9.47 Å². The van der Waals surface area contributed by atoms with Crippen LogP contribution in [-0.2, 0) is 16.9 Å². The Balaban J connectivity index is 0.912. The number of aliphatic hydroxyl groups excluding tert-OH is 1. The average molecular weight is 715 g/mol. The zero-order chi connectivity index (χ0) is 36.2. The molecule has 0 bridgehead atoms. The molecule has 3 aliphatic heterocycles. The lowest BCUT2D eigenvalue weighted by molar-refractivity contribution is -0.0206. The Labute approximate surface area is 301 Å². The van der Waals surface area contributed by atoms with Gasteiger partial charge in [0.05, 0.1) is 37.6 Å². The van der Waals surface area contributed by atoms with Crippen molar-refractivity contribution in [3.8, 4) is 5.75 Å². The quantitative estimate of drug-likeness (QED) is 0.211. The molecule has 4 aromatic rings. The van der Waals surface area contributed by atoms with Crippen molar-refractivity contribution >= 4 is 29.4 Å². The highest BCUT2D eigenvalue weighted by Gasteiger charge is 2.44. The minimum absolute atomic E-state index is 0.0125. The second kappa shape index (κ2) is 15.3. The van der Waals surface area contributed by atoms with Crippen LogP contribution in [-0.4, -0.2) is 95.3 Å². The van der Waals surface area contributed by atoms with Crippen LogP contribution in [0.2, 0.25) is 0 Å². The highest BCUT2D eigenvalue weighted by molar-refractivity contribution is 6.08. The SMILES string of the molecule is CC[C@@H]([C@H](C)O)N1CN=CN(c2ccc(N3CCN(c4ccc(OC[C@@H]5CO[C@@](Cn6cncn6)(c6ccc(F)cc6F)C5)cc4)CC3)cc2)C1=O. The maximum absolute atomic E-state index is 15.0. The number of aliphatic hydroxyl groups is 1. The largest absolute Gasteiger partial charge is 0.493 e. The van der Waals surface area contributed by atoms with Crippen LogP contribution in [0.4, 0.5) is 30.6 Å². The third-order valence-corrected chi connectivity index (χ3v) is 10.2. The molecule has 274 valence electrons. The number of anilines is 3. The fraction of sp³-hybridized carbons (Fsp3) is 0.421. The molecule has 0 radical (unpaired) electrons. The van der Waals surface area contributed by atoms with Crippen LogP contribution in [0.1, 0.15) is 32.3 Å². The fourth-order valence-electron chi connectivity index (χ4n) is 7.50. The van der Waals surface area contributed by atoms with Gasteiger partial charge in [0.25, 0.3) is 0 Å². The first kappa shape index (κ1) is 35.3. The third kappa shape index (κ3) is 7.44. The summed E-state index contributed by atoms with van der Waals surface area (Å²) in [5.41, 5.74) is 2.21. The van der Waals surface area contributed by atoms with Gasteiger partial charge in [-0.3, -0.25) is 14.8 Å². The Bertz CT molecular complexity index is 1830. The van der Waals surface area contributed by atoms with Crippen LogP contribution >= 0.6 is 0 Å². The molecule has 52 heavy (non-hydrogen) atoms. The second-order valence-corrected chi connectivity index (χ2v) is 13.7. The summed E-state index contributed by atoms with van der Waals surface area (Å²) in [4.78, 5) is 29.5. The molecule has 4 atom stereocenters. The monoisotopic (exact) mass is 714 g/mol. The highest BCUT2D eigenvalue weighted by atomic mass is 19.1. The van der Waals surface area contributed by atoms with Crippen molar-refractivity contribution in [3.63, 3.8) is 0 Å². The summed E-state index contributed by atoms with van der Waals surface area (Å²) in [6, 6.07) is 19.1. The van der Waals surface area contributed by atoms with E-state index in [1.165, 1.54) is 23.4 Å². The number of piperazine rings is 1. The number of hydrogen-bond acceptors (Lipinski definition) is 9. The molecule has 3 aliphatic rings. The van der Waals surface area contributed by atoms with Crippen LogP contribution in [0, 0.1) is 17.6 Å². The van der Waals surface area contributed by atoms with Gasteiger partial charge in [-0.05, 0) is 74.4 Å². The summed E-state index contributed by atoms with van der Waals surface area (Å²) in [7, 11) is 0. The van der Waals surface area contributed by atoms with Crippen LogP contribution in [0.15, 0.2) is 84.4 Å². The molecule has 0 saturated carbocycles. The first-order chi connectivity index (χ1) is 25.2. The molecule has 1 aromatic heterocycles. The van der Waals surface area contributed by atoms with Crippen LogP contribution in [0.3, 0.4) is 0 Å². The Morgan fingerprint density at radius 1 is 0.981 bits per heavy atom. The molecule has 2 saturated heterocycles. The van der Waals surface area contributed by atoms with Crippen LogP contribution < -0.4 is 19.4 Å². The molecule has 12 nitrogen and oxygen atoms in total. The lowest BCUT2D eigenvalue weighted by atomic mass is 9.87. The maximum atomic E-state index is 15.0. The topological polar surface area (TPSA) is 112 Å². The molecule has 4 heterocycles. The maximum Gasteiger partial charge on any atom is 0.331 e. The number of amides is 2. The number of aromatic nitrogens is 3. The molecule has 0 unspecified atom stereocenters. The number of benzene rings is 3. The van der Waals surface area contributed by atoms with Crippen molar-refractivity contribution < 1.29 is 28.2 Å². The fourth-order valence-corrected chi connectivity index (χ4v) is 7.50. The summed E-state index contributed by atoms with van der Waals surface area (Å²) in [6.45, 7) is 8.27. The van der Waals surface area contributed by atoms with E-state index < -0.39 is 23.3 Å². The predicted octanol–water partition coefficient (Wildman–Crippen LogP) is 5.28. The van der Waals surface area contributed by atoms with Gasteiger partial charge in [-0.2, -0.15) is 5.10 Å². The van der Waals surface area contributed by atoms with Crippen molar-refractivity contribution in [2.45, 2.75) is 51.0 Å². The molecular weight excluding hydrogens is 670 g/mol. The minimum atomic E-state index is -1.02. The van der Waals surface area contributed by atoms with Crippen molar-refractivity contribution in [1.82, 2.24) is 19.7 Å². The van der Waals surface area contributed by atoms with Gasteiger partial charge in [-0.25, -0.2) is 23.2 Å². The Morgan fingerprint density at radius 3 is 2.27 bits per heavy atom. The lowest BCUT2D eigenvalue weighted by Crippen LogP contribution is -2.54. The van der Waals surface area contributed by atoms with Crippen molar-refractivity contribution in [3.05, 3.63) is 96.6 Å². The second-order valence-electron chi connectivity index (χ2n) is 13.7. The van der Waals surface area contributed by atoms with E-state index in [9.17, 15) is 18.7 Å². The Kier molecular flexibility index (Phi) is 10.4. The Morgan fingerprint density at radius 2 is 1.65 bits per heavy atom. The van der Waals surface area contributed by atoms with Gasteiger partial charge >= 0.3 is 6.03 Å². The van der Waals surface area contributed by atoms with E-state index in [0.29, 0.717) is 31.6 Å². The summed E-state index contributed by atoms with van der Waals surface area (Å²) in [5, 5.41) is 14.4. The molecule has 3 aromatic carbocycles. The molecule has 0 aliphatic carbocycles. The van der Waals surface area contributed by atoms with Gasteiger partial charge in [0.2, 0.25) is 0 Å². The smallest absolute Gasteiger partial charge is 0.331 e. The number of hydrogen-bond donors (Lipinski definition) is 1. The molecule has 1 N–H and O–H groups in total. The molecule has 7 rings (SSSR count). The first-order valence-corrected chi connectivity index (χ1v) is 17.8. The Hall–Kier alpha value is -5.08. The van der Waals surface area contributed by atoms with Gasteiger partial charge in [-0.1, -0.05) is 13.0 Å². The van der Waals surface area contributed by atoms with Crippen LogP contribution in [0.5, 0.6) is 5.75 Å². The van der Waals surface area contributed by atoms with Gasteiger partial charge in [-0.15, -0.1) is 0 Å². The van der Waals surface area contributed by atoms with Crippen molar-refractivity contribution in [2.75, 3.05) is 60.8 Å². The number of halogens is 2. The molecule has 14 heteroatoms. The van der Waals surface area contributed by atoms with E-state index in [-0.39, 0.29) is 31.2 Å². The summed E-state index contributed by atoms with van der Waals surface area (Å²) in [6.07, 6.45) is 5.02. The number of carbonyl (C=O) groups excluding carboxylic acids is 1. The molecule has 0 spiro atoms. The predicted molar refractivity (Wildman–Crippen MR) is 194 cm³/mol. The normalized spacial score (nSPS) is 21.9. The van der Waals surface area contributed by atoms with Gasteiger partial charge in [0.15, 0.2) is 0 Å². The van der Waals surface area contributed by atoms with E-state index >= 15 is 0 Å². The van der Waals surface area contributed by atoms with Crippen molar-refractivity contribution in [1.29, 1.82) is 0 Å². The van der Waals surface area contributed by atoms with Gasteiger partial charge in [0.1, 0.15) is 48.6 Å². The van der Waals surface area contributed by atoms with E-state index in [1.807, 2.05) is 43.3 Å². The van der Waals surface area contributed by atoms with Gasteiger partial charge < -0.3 is 24.4 Å². The third-order valence-electron chi connectivity index (χ3n) is 10.2. The highest BCUT2D eigenvalue weighted by Crippen LogP contribution is 2.42. The zero-order valence-corrected chi connectivity index (χ0v) is 29.4. The van der Waals surface area contributed by atoms with E-state index in [0.717, 1.165) is 55.1 Å². The zero-order valence-electron chi connectivity index (χ0n) is 29.4. The number of ether oxygens (including phenoxy) is 2. The number of nitrogens with zero attached hydrogens (tertiary/aromatic N) is 8. The average Bonchev–Trinajstić information content (AvgIpc) is 3.82. The number of carbonyl (C=O) groups is 1. The van der Waals surface area contributed by atoms with E-state index in [1.54, 1.807) is 29.2 Å². The summed E-state index contributed by atoms with van der Waals surface area (Å²) in [5.74, 6) is -0.562. The first-order valence-electron chi connectivity index (χ1n) is 17.8. The molecule has 2 fully saturated rings. The van der Waals surface area contributed by atoms with Crippen LogP contribution in [0.25, 0.3) is 0 Å². The number of rotatable bonds is 12. The van der Waals surface area contributed by atoms with Gasteiger partial charge in [0, 0.05) is 55.1 Å². The van der Waals surface area contributed by atoms with E-state index in [2.05, 4.69) is 37.0 Å². The summed E-state index contributed by atoms with van der Waals surface area (Å²) >= 11 is 0. The van der Waals surface area contributed by atoms with Crippen molar-refractivity contribution in [2.24, 2.45) is 10.9 Å². The molecular formula is C38H44F2N8O4. The lowest BCUT2D eigenvalue weighted by Gasteiger charge is -2.38. The summed E-state index contributed by atoms with van der Waals surface area (Å²) < 4.78 is 42.7. The number of aliphatic imine (C=N–C) groups is 1.